The second-order valence-corrected chi connectivity index (χ2v) is 6.93. The number of ether oxygens (including phenoxy) is 3. The van der Waals surface area contributed by atoms with Crippen LogP contribution >= 0.6 is 0 Å². The molecule has 31 heavy (non-hydrogen) atoms. The number of rotatable bonds is 7. The van der Waals surface area contributed by atoms with Gasteiger partial charge >= 0.3 is 0 Å². The Labute approximate surface area is 180 Å². The molecule has 0 atom stereocenters. The van der Waals surface area contributed by atoms with Crippen LogP contribution in [0.15, 0.2) is 72.8 Å². The number of hydrogen-bond donors (Lipinski definition) is 1. The van der Waals surface area contributed by atoms with E-state index in [2.05, 4.69) is 5.32 Å². The van der Waals surface area contributed by atoms with E-state index in [0.29, 0.717) is 35.1 Å². The number of hydrogen-bond acceptors (Lipinski definition) is 5. The summed E-state index contributed by atoms with van der Waals surface area (Å²) in [5.41, 5.74) is 2.81. The van der Waals surface area contributed by atoms with E-state index in [0.717, 1.165) is 11.1 Å². The third-order valence-corrected chi connectivity index (χ3v) is 4.75. The summed E-state index contributed by atoms with van der Waals surface area (Å²) in [4.78, 5) is 24.0. The molecule has 6 heteroatoms. The van der Waals surface area contributed by atoms with E-state index in [1.165, 1.54) is 6.08 Å². The van der Waals surface area contributed by atoms with Crippen molar-refractivity contribution in [3.05, 3.63) is 89.5 Å². The van der Waals surface area contributed by atoms with Gasteiger partial charge in [-0.15, -0.1) is 0 Å². The molecule has 156 valence electrons. The van der Waals surface area contributed by atoms with Gasteiger partial charge in [0, 0.05) is 5.56 Å². The molecule has 0 aliphatic carbocycles. The molecule has 6 nitrogen and oxygen atoms in total. The molecule has 0 fully saturated rings. The monoisotopic (exact) mass is 415 g/mol. The number of benzene rings is 3. The molecular weight excluding hydrogens is 394 g/mol. The molecule has 0 radical (unpaired) electrons. The number of fused-ring (bicyclic) bond motifs is 1. The van der Waals surface area contributed by atoms with Crippen LogP contribution in [-0.2, 0) is 11.4 Å². The summed E-state index contributed by atoms with van der Waals surface area (Å²) in [5.74, 6) is 1.33. The van der Waals surface area contributed by atoms with Gasteiger partial charge in [-0.2, -0.15) is 0 Å². The second kappa shape index (κ2) is 9.17. The van der Waals surface area contributed by atoms with Crippen molar-refractivity contribution in [2.45, 2.75) is 6.61 Å². The van der Waals surface area contributed by atoms with Crippen LogP contribution < -0.4 is 19.5 Å². The van der Waals surface area contributed by atoms with Crippen molar-refractivity contribution in [2.75, 3.05) is 19.0 Å². The Bertz CT molecular complexity index is 1140. The van der Waals surface area contributed by atoms with Crippen LogP contribution in [0.1, 0.15) is 21.5 Å². The van der Waals surface area contributed by atoms with E-state index < -0.39 is 0 Å². The third kappa shape index (κ3) is 4.93. The van der Waals surface area contributed by atoms with Crippen LogP contribution in [0, 0.1) is 0 Å². The van der Waals surface area contributed by atoms with E-state index >= 15 is 0 Å². The van der Waals surface area contributed by atoms with Crippen molar-refractivity contribution in [1.29, 1.82) is 0 Å². The number of anilines is 1. The predicted molar refractivity (Wildman–Crippen MR) is 118 cm³/mol. The highest BCUT2D eigenvalue weighted by Gasteiger charge is 2.17. The van der Waals surface area contributed by atoms with Gasteiger partial charge in [0.1, 0.15) is 12.4 Å². The number of methoxy groups -OCH3 is 1. The SMILES string of the molecule is COc1cc(C=CC(=O)c2ccc3c(c2)NC(=O)CO3)ccc1OCc1ccccc1. The highest BCUT2D eigenvalue weighted by atomic mass is 16.5. The lowest BCUT2D eigenvalue weighted by molar-refractivity contribution is -0.118. The lowest BCUT2D eigenvalue weighted by Crippen LogP contribution is -2.25. The first kappa shape index (κ1) is 20.2. The summed E-state index contributed by atoms with van der Waals surface area (Å²) < 4.78 is 16.6. The average Bonchev–Trinajstić information content (AvgIpc) is 2.81. The fourth-order valence-corrected chi connectivity index (χ4v) is 3.15. The fourth-order valence-electron chi connectivity index (χ4n) is 3.15. The minimum absolute atomic E-state index is 0.0207. The Morgan fingerprint density at radius 2 is 1.90 bits per heavy atom. The van der Waals surface area contributed by atoms with Gasteiger partial charge in [-0.3, -0.25) is 9.59 Å². The molecule has 0 aromatic heterocycles. The van der Waals surface area contributed by atoms with E-state index in [1.807, 2.05) is 48.5 Å². The standard InChI is InChI=1S/C25H21NO5/c1-29-24-13-17(8-11-23(24)30-15-18-5-3-2-4-6-18)7-10-21(27)19-9-12-22-20(14-19)26-25(28)16-31-22/h2-14H,15-16H2,1H3,(H,26,28). The van der Waals surface area contributed by atoms with Crippen LogP contribution in [0.2, 0.25) is 0 Å². The Hall–Kier alpha value is -4.06. The molecule has 1 N–H and O–H groups in total. The van der Waals surface area contributed by atoms with Crippen molar-refractivity contribution in [3.63, 3.8) is 0 Å². The zero-order valence-electron chi connectivity index (χ0n) is 17.0. The molecule has 1 aliphatic rings. The van der Waals surface area contributed by atoms with Gasteiger partial charge in [-0.05, 0) is 47.5 Å². The van der Waals surface area contributed by atoms with E-state index in [9.17, 15) is 9.59 Å². The first-order valence-electron chi connectivity index (χ1n) is 9.76. The smallest absolute Gasteiger partial charge is 0.262 e. The summed E-state index contributed by atoms with van der Waals surface area (Å²) in [5, 5.41) is 2.70. The van der Waals surface area contributed by atoms with Crippen molar-refractivity contribution in [3.8, 4) is 17.2 Å². The largest absolute Gasteiger partial charge is 0.493 e. The molecule has 0 spiro atoms. The van der Waals surface area contributed by atoms with Gasteiger partial charge in [0.2, 0.25) is 0 Å². The molecule has 0 unspecified atom stereocenters. The molecule has 0 saturated heterocycles. The van der Waals surface area contributed by atoms with Crippen molar-refractivity contribution >= 4 is 23.5 Å². The van der Waals surface area contributed by atoms with Crippen LogP contribution in [0.5, 0.6) is 17.2 Å². The lowest BCUT2D eigenvalue weighted by atomic mass is 10.1. The first-order valence-corrected chi connectivity index (χ1v) is 9.76. The molecule has 3 aromatic rings. The average molecular weight is 415 g/mol. The minimum Gasteiger partial charge on any atom is -0.493 e. The number of carbonyl (C=O) groups is 2. The van der Waals surface area contributed by atoms with Crippen molar-refractivity contribution in [2.24, 2.45) is 0 Å². The van der Waals surface area contributed by atoms with Gasteiger partial charge in [-0.25, -0.2) is 0 Å². The predicted octanol–water partition coefficient (Wildman–Crippen LogP) is 4.50. The van der Waals surface area contributed by atoms with Crippen LogP contribution in [0.3, 0.4) is 0 Å². The highest BCUT2D eigenvalue weighted by Crippen LogP contribution is 2.30. The van der Waals surface area contributed by atoms with Crippen molar-refractivity contribution in [1.82, 2.24) is 0 Å². The van der Waals surface area contributed by atoms with E-state index in [4.69, 9.17) is 14.2 Å². The minimum atomic E-state index is -0.241. The summed E-state index contributed by atoms with van der Waals surface area (Å²) in [6.07, 6.45) is 3.19. The van der Waals surface area contributed by atoms with Crippen LogP contribution in [0.25, 0.3) is 6.08 Å². The number of nitrogens with one attached hydrogen (secondary N) is 1. The molecule has 1 aliphatic heterocycles. The maximum atomic E-state index is 12.6. The Kier molecular flexibility index (Phi) is 5.98. The maximum Gasteiger partial charge on any atom is 0.262 e. The summed E-state index contributed by atoms with van der Waals surface area (Å²) >= 11 is 0. The third-order valence-electron chi connectivity index (χ3n) is 4.75. The second-order valence-electron chi connectivity index (χ2n) is 6.93. The number of ketones is 1. The van der Waals surface area contributed by atoms with Gasteiger partial charge in [-0.1, -0.05) is 42.5 Å². The topological polar surface area (TPSA) is 73.9 Å². The Morgan fingerprint density at radius 1 is 1.06 bits per heavy atom. The molecule has 0 bridgehead atoms. The first-order chi connectivity index (χ1) is 15.1. The van der Waals surface area contributed by atoms with Crippen LogP contribution in [-0.4, -0.2) is 25.4 Å². The maximum absolute atomic E-state index is 12.6. The highest BCUT2D eigenvalue weighted by molar-refractivity contribution is 6.08. The zero-order valence-corrected chi connectivity index (χ0v) is 17.0. The van der Waals surface area contributed by atoms with Gasteiger partial charge in [0.25, 0.3) is 5.91 Å². The van der Waals surface area contributed by atoms with E-state index in [-0.39, 0.29) is 18.3 Å². The molecule has 4 rings (SSSR count). The number of amides is 1. The molecular formula is C25H21NO5. The van der Waals surface area contributed by atoms with E-state index in [1.54, 1.807) is 31.4 Å². The molecule has 1 heterocycles. The van der Waals surface area contributed by atoms with Crippen LogP contribution in [0.4, 0.5) is 5.69 Å². The summed E-state index contributed by atoms with van der Waals surface area (Å²) in [6, 6.07) is 20.3. The quantitative estimate of drug-likeness (QED) is 0.454. The Balaban J connectivity index is 1.45. The number of carbonyl (C=O) groups excluding carboxylic acids is 2. The van der Waals surface area contributed by atoms with Crippen molar-refractivity contribution < 1.29 is 23.8 Å². The summed E-state index contributed by atoms with van der Waals surface area (Å²) in [7, 11) is 1.58. The van der Waals surface area contributed by atoms with Gasteiger partial charge in [0.15, 0.2) is 23.9 Å². The summed E-state index contributed by atoms with van der Waals surface area (Å²) in [6.45, 7) is 0.413. The zero-order chi connectivity index (χ0) is 21.6. The molecule has 3 aromatic carbocycles. The Morgan fingerprint density at radius 3 is 2.71 bits per heavy atom. The van der Waals surface area contributed by atoms with Gasteiger partial charge < -0.3 is 19.5 Å². The number of allylic oxidation sites excluding steroid dienone is 1. The van der Waals surface area contributed by atoms with Gasteiger partial charge in [0.05, 0.1) is 12.8 Å². The fraction of sp³-hybridized carbons (Fsp3) is 0.120. The normalized spacial score (nSPS) is 12.6. The lowest BCUT2D eigenvalue weighted by Gasteiger charge is -2.17. The molecule has 0 saturated carbocycles. The molecule has 1 amide bonds.